The maximum absolute atomic E-state index is 8.95. The van der Waals surface area contributed by atoms with E-state index in [0.29, 0.717) is 0 Å². The summed E-state index contributed by atoms with van der Waals surface area (Å²) in [6, 6.07) is 24.3. The molecule has 0 unspecified atom stereocenters. The SMILES string of the molecule is OCCOc1ccc([C@@H]2Oc3ccc(Br)cc3[C@@H]3CC(c4ccccc4)=NN32)cc1. The van der Waals surface area contributed by atoms with Gasteiger partial charge in [-0.15, -0.1) is 0 Å². The molecule has 152 valence electrons. The summed E-state index contributed by atoms with van der Waals surface area (Å²) in [5.74, 6) is 1.61. The Morgan fingerprint density at radius 2 is 1.87 bits per heavy atom. The second kappa shape index (κ2) is 8.13. The first-order valence-corrected chi connectivity index (χ1v) is 10.7. The van der Waals surface area contributed by atoms with Gasteiger partial charge in [0.25, 0.3) is 0 Å². The summed E-state index contributed by atoms with van der Waals surface area (Å²) in [7, 11) is 0. The number of hydrogen-bond donors (Lipinski definition) is 1. The predicted octanol–water partition coefficient (Wildman–Crippen LogP) is 5.06. The smallest absolute Gasteiger partial charge is 0.213 e. The lowest BCUT2D eigenvalue weighted by Crippen LogP contribution is -2.33. The van der Waals surface area contributed by atoms with Crippen LogP contribution in [0.4, 0.5) is 0 Å². The van der Waals surface area contributed by atoms with Gasteiger partial charge in [0.1, 0.15) is 18.1 Å². The van der Waals surface area contributed by atoms with Gasteiger partial charge in [-0.2, -0.15) is 5.10 Å². The van der Waals surface area contributed by atoms with Crippen molar-refractivity contribution in [1.82, 2.24) is 5.01 Å². The topological polar surface area (TPSA) is 54.3 Å². The van der Waals surface area contributed by atoms with Crippen LogP contribution in [0.5, 0.6) is 11.5 Å². The molecule has 0 aliphatic carbocycles. The van der Waals surface area contributed by atoms with Crippen molar-refractivity contribution >= 4 is 21.6 Å². The summed E-state index contributed by atoms with van der Waals surface area (Å²) < 4.78 is 12.9. The van der Waals surface area contributed by atoms with Crippen molar-refractivity contribution in [3.63, 3.8) is 0 Å². The lowest BCUT2D eigenvalue weighted by atomic mass is 9.96. The largest absolute Gasteiger partial charge is 0.491 e. The maximum atomic E-state index is 8.95. The molecule has 5 rings (SSSR count). The Labute approximate surface area is 183 Å². The number of hydrogen-bond acceptors (Lipinski definition) is 5. The highest BCUT2D eigenvalue weighted by atomic mass is 79.9. The van der Waals surface area contributed by atoms with Gasteiger partial charge in [-0.25, -0.2) is 5.01 Å². The zero-order valence-electron chi connectivity index (χ0n) is 16.2. The Bertz CT molecular complexity index is 1070. The molecule has 0 saturated heterocycles. The van der Waals surface area contributed by atoms with Crippen LogP contribution < -0.4 is 9.47 Å². The second-order valence-electron chi connectivity index (χ2n) is 7.31. The third kappa shape index (κ3) is 3.57. The number of rotatable bonds is 5. The van der Waals surface area contributed by atoms with Crippen molar-refractivity contribution in [3.05, 3.63) is 94.0 Å². The summed E-state index contributed by atoms with van der Waals surface area (Å²) in [6.45, 7) is 0.271. The van der Waals surface area contributed by atoms with Crippen LogP contribution in [0.15, 0.2) is 82.4 Å². The van der Waals surface area contributed by atoms with Crippen LogP contribution in [-0.2, 0) is 0 Å². The fraction of sp³-hybridized carbons (Fsp3) is 0.208. The predicted molar refractivity (Wildman–Crippen MR) is 119 cm³/mol. The molecule has 0 aromatic heterocycles. The van der Waals surface area contributed by atoms with Crippen LogP contribution in [0.2, 0.25) is 0 Å². The van der Waals surface area contributed by atoms with Gasteiger partial charge in [-0.05, 0) is 48.0 Å². The minimum absolute atomic E-state index is 0.00767. The van der Waals surface area contributed by atoms with E-state index in [2.05, 4.69) is 39.1 Å². The van der Waals surface area contributed by atoms with Crippen LogP contribution >= 0.6 is 15.9 Å². The van der Waals surface area contributed by atoms with Gasteiger partial charge < -0.3 is 14.6 Å². The number of aliphatic hydroxyl groups is 1. The molecular weight excluding hydrogens is 444 g/mol. The summed E-state index contributed by atoms with van der Waals surface area (Å²) in [4.78, 5) is 0. The van der Waals surface area contributed by atoms with E-state index in [0.717, 1.165) is 44.8 Å². The normalized spacial score (nSPS) is 19.5. The highest BCUT2D eigenvalue weighted by Gasteiger charge is 2.41. The van der Waals surface area contributed by atoms with E-state index < -0.39 is 0 Å². The third-order valence-electron chi connectivity index (χ3n) is 5.38. The first kappa shape index (κ1) is 19.2. The molecule has 2 aliphatic rings. The van der Waals surface area contributed by atoms with Crippen molar-refractivity contribution in [2.45, 2.75) is 18.7 Å². The van der Waals surface area contributed by atoms with E-state index >= 15 is 0 Å². The van der Waals surface area contributed by atoms with E-state index in [1.165, 1.54) is 0 Å². The Kier molecular flexibility index (Phi) is 5.19. The van der Waals surface area contributed by atoms with Crippen molar-refractivity contribution in [2.75, 3.05) is 13.2 Å². The lowest BCUT2D eigenvalue weighted by Gasteiger charge is -2.38. The second-order valence-corrected chi connectivity index (χ2v) is 8.22. The molecule has 1 N–H and O–H groups in total. The number of aliphatic hydroxyl groups excluding tert-OH is 1. The standard InChI is InChI=1S/C24H21BrN2O3/c25-18-8-11-23-20(14-18)22-15-21(16-4-2-1-3-5-16)26-27(22)24(30-23)17-6-9-19(10-7-17)29-13-12-28/h1-11,14,22,24,28H,12-13,15H2/t22-,24-/m0/s1. The van der Waals surface area contributed by atoms with E-state index in [1.54, 1.807) is 0 Å². The van der Waals surface area contributed by atoms with Crippen LogP contribution in [-0.4, -0.2) is 29.0 Å². The molecule has 0 radical (unpaired) electrons. The number of ether oxygens (including phenoxy) is 2. The number of fused-ring (bicyclic) bond motifs is 3. The first-order valence-electron chi connectivity index (χ1n) is 9.94. The van der Waals surface area contributed by atoms with E-state index in [-0.39, 0.29) is 25.5 Å². The summed E-state index contributed by atoms with van der Waals surface area (Å²) in [5.41, 5.74) is 4.33. The van der Waals surface area contributed by atoms with E-state index in [4.69, 9.17) is 19.7 Å². The zero-order chi connectivity index (χ0) is 20.5. The van der Waals surface area contributed by atoms with Gasteiger partial charge in [-0.1, -0.05) is 46.3 Å². The van der Waals surface area contributed by atoms with Crippen LogP contribution in [0, 0.1) is 0 Å². The quantitative estimate of drug-likeness (QED) is 0.572. The Balaban J connectivity index is 1.52. The molecule has 2 aliphatic heterocycles. The number of hydrazone groups is 1. The third-order valence-corrected chi connectivity index (χ3v) is 5.88. The average Bonchev–Trinajstić information content (AvgIpc) is 3.24. The molecule has 0 spiro atoms. The number of benzene rings is 3. The fourth-order valence-electron chi connectivity index (χ4n) is 3.98. The lowest BCUT2D eigenvalue weighted by molar-refractivity contribution is -0.0191. The maximum Gasteiger partial charge on any atom is 0.213 e. The molecule has 2 atom stereocenters. The molecule has 0 bridgehead atoms. The molecule has 30 heavy (non-hydrogen) atoms. The van der Waals surface area contributed by atoms with E-state index in [9.17, 15) is 0 Å². The minimum Gasteiger partial charge on any atom is -0.491 e. The minimum atomic E-state index is -0.322. The van der Waals surface area contributed by atoms with Crippen LogP contribution in [0.3, 0.4) is 0 Å². The van der Waals surface area contributed by atoms with Gasteiger partial charge in [0.15, 0.2) is 0 Å². The monoisotopic (exact) mass is 464 g/mol. The van der Waals surface area contributed by atoms with Gasteiger partial charge >= 0.3 is 0 Å². The molecule has 6 heteroatoms. The van der Waals surface area contributed by atoms with E-state index in [1.807, 2.05) is 54.6 Å². The Hall–Kier alpha value is -2.83. The zero-order valence-corrected chi connectivity index (χ0v) is 17.8. The molecular formula is C24H21BrN2O3. The van der Waals surface area contributed by atoms with Crippen LogP contribution in [0.25, 0.3) is 0 Å². The van der Waals surface area contributed by atoms with Crippen LogP contribution in [0.1, 0.15) is 35.4 Å². The van der Waals surface area contributed by atoms with Gasteiger partial charge in [0.05, 0.1) is 18.4 Å². The number of nitrogens with zero attached hydrogens (tertiary/aromatic N) is 2. The summed E-state index contributed by atoms with van der Waals surface area (Å²) in [5, 5.41) is 16.0. The molecule has 5 nitrogen and oxygen atoms in total. The molecule has 0 saturated carbocycles. The Morgan fingerprint density at radius 1 is 1.07 bits per heavy atom. The van der Waals surface area contributed by atoms with Gasteiger partial charge in [0.2, 0.25) is 6.23 Å². The molecule has 3 aromatic carbocycles. The Morgan fingerprint density at radius 3 is 2.63 bits per heavy atom. The average molecular weight is 465 g/mol. The van der Waals surface area contributed by atoms with Crippen molar-refractivity contribution in [2.24, 2.45) is 5.10 Å². The summed E-state index contributed by atoms with van der Waals surface area (Å²) in [6.07, 6.45) is 0.502. The molecule has 2 heterocycles. The fourth-order valence-corrected chi connectivity index (χ4v) is 4.35. The molecule has 0 fully saturated rings. The number of halogens is 1. The van der Waals surface area contributed by atoms with Gasteiger partial charge in [0, 0.05) is 22.0 Å². The summed E-state index contributed by atoms with van der Waals surface area (Å²) >= 11 is 3.59. The molecule has 0 amide bonds. The highest BCUT2D eigenvalue weighted by Crippen LogP contribution is 2.48. The van der Waals surface area contributed by atoms with Crippen molar-refractivity contribution < 1.29 is 14.6 Å². The van der Waals surface area contributed by atoms with Crippen molar-refractivity contribution in [3.8, 4) is 11.5 Å². The highest BCUT2D eigenvalue weighted by molar-refractivity contribution is 9.10. The van der Waals surface area contributed by atoms with Gasteiger partial charge in [-0.3, -0.25) is 0 Å². The molecule has 3 aromatic rings. The first-order chi connectivity index (χ1) is 14.7. The van der Waals surface area contributed by atoms with Crippen molar-refractivity contribution in [1.29, 1.82) is 0 Å².